The van der Waals surface area contributed by atoms with E-state index in [0.29, 0.717) is 24.7 Å². The minimum Gasteiger partial charge on any atom is -0.486 e. The second-order valence-electron chi connectivity index (χ2n) is 4.39. The fourth-order valence-corrected chi connectivity index (χ4v) is 2.79. The molecule has 0 fully saturated rings. The van der Waals surface area contributed by atoms with Crippen molar-refractivity contribution in [3.8, 4) is 11.5 Å². The van der Waals surface area contributed by atoms with Crippen molar-refractivity contribution in [2.24, 2.45) is 0 Å². The predicted octanol–water partition coefficient (Wildman–Crippen LogP) is 2.04. The van der Waals surface area contributed by atoms with E-state index in [1.54, 1.807) is 11.8 Å². The highest BCUT2D eigenvalue weighted by Crippen LogP contribution is 2.33. The first-order chi connectivity index (χ1) is 9.72. The summed E-state index contributed by atoms with van der Waals surface area (Å²) in [4.78, 5) is 18.1. The van der Waals surface area contributed by atoms with Gasteiger partial charge in [0.1, 0.15) is 19.0 Å². The van der Waals surface area contributed by atoms with Crippen LogP contribution in [-0.2, 0) is 10.5 Å². The van der Waals surface area contributed by atoms with E-state index in [4.69, 9.17) is 14.6 Å². The van der Waals surface area contributed by atoms with Crippen LogP contribution >= 0.6 is 11.8 Å². The number of nitrogens with one attached hydrogen (secondary N) is 1. The van der Waals surface area contributed by atoms with Gasteiger partial charge in [0.15, 0.2) is 11.5 Å². The number of hydrogen-bond acceptors (Lipinski definition) is 5. The number of benzene rings is 1. The van der Waals surface area contributed by atoms with Crippen LogP contribution in [0.2, 0.25) is 0 Å². The molecular formula is C13H14N2O4S. The second-order valence-corrected chi connectivity index (χ2v) is 5.50. The maximum absolute atomic E-state index is 10.4. The van der Waals surface area contributed by atoms with Gasteiger partial charge in [-0.2, -0.15) is 11.8 Å². The summed E-state index contributed by atoms with van der Waals surface area (Å²) in [6.07, 6.45) is 0.168. The third kappa shape index (κ3) is 2.82. The van der Waals surface area contributed by atoms with Crippen LogP contribution < -0.4 is 9.47 Å². The van der Waals surface area contributed by atoms with E-state index in [9.17, 15) is 4.79 Å². The number of carbonyl (C=O) groups is 1. The Morgan fingerprint density at radius 1 is 1.35 bits per heavy atom. The predicted molar refractivity (Wildman–Crippen MR) is 75.5 cm³/mol. The zero-order valence-corrected chi connectivity index (χ0v) is 11.5. The zero-order chi connectivity index (χ0) is 13.9. The Morgan fingerprint density at radius 2 is 2.10 bits per heavy atom. The molecule has 2 aromatic rings. The molecule has 3 rings (SSSR count). The molecule has 20 heavy (non-hydrogen) atoms. The van der Waals surface area contributed by atoms with E-state index in [-0.39, 0.29) is 6.42 Å². The third-order valence-corrected chi connectivity index (χ3v) is 3.86. The van der Waals surface area contributed by atoms with Crippen LogP contribution in [0.4, 0.5) is 0 Å². The number of imidazole rings is 1. The van der Waals surface area contributed by atoms with Crippen LogP contribution in [0.3, 0.4) is 0 Å². The van der Waals surface area contributed by atoms with E-state index >= 15 is 0 Å². The lowest BCUT2D eigenvalue weighted by Crippen LogP contribution is -2.15. The molecule has 1 aliphatic rings. The number of nitrogens with zero attached hydrogens (tertiary/aromatic N) is 1. The number of H-pyrrole nitrogens is 1. The first kappa shape index (κ1) is 13.1. The van der Waals surface area contributed by atoms with Crippen molar-refractivity contribution < 1.29 is 19.4 Å². The van der Waals surface area contributed by atoms with Crippen molar-refractivity contribution >= 4 is 28.8 Å². The molecule has 0 saturated heterocycles. The number of thioether (sulfide) groups is 1. The molecule has 0 saturated carbocycles. The highest BCUT2D eigenvalue weighted by Gasteiger charge is 2.14. The maximum atomic E-state index is 10.4. The average molecular weight is 294 g/mol. The summed E-state index contributed by atoms with van der Waals surface area (Å²) in [5, 5.41) is 8.58. The number of aromatic nitrogens is 2. The van der Waals surface area contributed by atoms with Gasteiger partial charge in [-0.1, -0.05) is 0 Å². The molecule has 1 aromatic carbocycles. The lowest BCUT2D eigenvalue weighted by Gasteiger charge is -2.17. The van der Waals surface area contributed by atoms with Crippen molar-refractivity contribution in [3.63, 3.8) is 0 Å². The molecule has 0 atom stereocenters. The molecule has 0 amide bonds. The van der Waals surface area contributed by atoms with Crippen molar-refractivity contribution in [2.75, 3.05) is 19.0 Å². The molecule has 1 aromatic heterocycles. The minimum atomic E-state index is -0.774. The number of ether oxygens (including phenoxy) is 2. The summed E-state index contributed by atoms with van der Waals surface area (Å²) in [7, 11) is 0. The lowest BCUT2D eigenvalue weighted by molar-refractivity contribution is -0.136. The number of aromatic amines is 1. The Hall–Kier alpha value is -1.89. The molecule has 0 spiro atoms. The highest BCUT2D eigenvalue weighted by atomic mass is 32.2. The summed E-state index contributed by atoms with van der Waals surface area (Å²) in [6, 6.07) is 3.76. The molecule has 0 unspecified atom stereocenters. The average Bonchev–Trinajstić information content (AvgIpc) is 2.82. The first-order valence-electron chi connectivity index (χ1n) is 6.30. The van der Waals surface area contributed by atoms with Gasteiger partial charge >= 0.3 is 5.97 Å². The van der Waals surface area contributed by atoms with E-state index in [1.165, 1.54) is 0 Å². The normalized spacial score (nSPS) is 13.6. The topological polar surface area (TPSA) is 84.4 Å². The van der Waals surface area contributed by atoms with E-state index in [0.717, 1.165) is 28.4 Å². The number of carboxylic acids is 1. The van der Waals surface area contributed by atoms with Crippen molar-refractivity contribution in [1.29, 1.82) is 0 Å². The maximum Gasteiger partial charge on any atom is 0.304 e. The van der Waals surface area contributed by atoms with Gasteiger partial charge < -0.3 is 19.6 Å². The highest BCUT2D eigenvalue weighted by molar-refractivity contribution is 7.98. The van der Waals surface area contributed by atoms with Crippen LogP contribution in [0.1, 0.15) is 12.2 Å². The Bertz CT molecular complexity index is 598. The molecule has 0 aliphatic carbocycles. The summed E-state index contributed by atoms with van der Waals surface area (Å²) in [5.74, 6) is 2.75. The summed E-state index contributed by atoms with van der Waals surface area (Å²) in [5.41, 5.74) is 1.74. The first-order valence-corrected chi connectivity index (χ1v) is 7.45. The lowest BCUT2D eigenvalue weighted by atomic mass is 10.2. The molecule has 7 heteroatoms. The molecule has 106 valence electrons. The fourth-order valence-electron chi connectivity index (χ4n) is 2.00. The van der Waals surface area contributed by atoms with E-state index in [2.05, 4.69) is 9.97 Å². The number of carboxylic acid groups (broad SMARTS) is 1. The van der Waals surface area contributed by atoms with Crippen molar-refractivity contribution in [1.82, 2.24) is 9.97 Å². The molecule has 0 radical (unpaired) electrons. The van der Waals surface area contributed by atoms with Gasteiger partial charge in [0.05, 0.1) is 23.2 Å². The van der Waals surface area contributed by atoms with Gasteiger partial charge in [0.2, 0.25) is 0 Å². The molecule has 0 bridgehead atoms. The Kier molecular flexibility index (Phi) is 3.68. The molecule has 2 heterocycles. The Balaban J connectivity index is 1.72. The Morgan fingerprint density at radius 3 is 2.85 bits per heavy atom. The van der Waals surface area contributed by atoms with E-state index in [1.807, 2.05) is 12.1 Å². The van der Waals surface area contributed by atoms with Crippen molar-refractivity contribution in [2.45, 2.75) is 12.2 Å². The van der Waals surface area contributed by atoms with Crippen LogP contribution in [-0.4, -0.2) is 40.0 Å². The summed E-state index contributed by atoms with van der Waals surface area (Å²) in [6.45, 7) is 1.12. The van der Waals surface area contributed by atoms with Crippen LogP contribution in [0, 0.1) is 0 Å². The monoisotopic (exact) mass is 294 g/mol. The smallest absolute Gasteiger partial charge is 0.304 e. The van der Waals surface area contributed by atoms with Gasteiger partial charge in [0.25, 0.3) is 0 Å². The summed E-state index contributed by atoms with van der Waals surface area (Å²) >= 11 is 1.55. The Labute approximate surface area is 119 Å². The van der Waals surface area contributed by atoms with Gasteiger partial charge in [-0.25, -0.2) is 4.98 Å². The standard InChI is InChI=1S/C13H14N2O4S/c16-13(17)1-4-20-7-12-14-8-5-10-11(6-9(8)15-12)19-3-2-18-10/h5-6H,1-4,7H2,(H,14,15)(H,16,17). The van der Waals surface area contributed by atoms with Crippen molar-refractivity contribution in [3.05, 3.63) is 18.0 Å². The number of rotatable bonds is 5. The minimum absolute atomic E-state index is 0.168. The number of hydrogen-bond donors (Lipinski definition) is 2. The third-order valence-electron chi connectivity index (χ3n) is 2.89. The summed E-state index contributed by atoms with van der Waals surface area (Å²) < 4.78 is 11.0. The molecule has 2 N–H and O–H groups in total. The quantitative estimate of drug-likeness (QED) is 0.821. The van der Waals surface area contributed by atoms with Gasteiger partial charge in [-0.15, -0.1) is 0 Å². The second kappa shape index (κ2) is 5.62. The van der Waals surface area contributed by atoms with Gasteiger partial charge in [-0.3, -0.25) is 4.79 Å². The zero-order valence-electron chi connectivity index (χ0n) is 10.7. The largest absolute Gasteiger partial charge is 0.486 e. The number of aliphatic carboxylic acids is 1. The van der Waals surface area contributed by atoms with Gasteiger partial charge in [-0.05, 0) is 0 Å². The van der Waals surface area contributed by atoms with E-state index < -0.39 is 5.97 Å². The number of fused-ring (bicyclic) bond motifs is 2. The van der Waals surface area contributed by atoms with Crippen LogP contribution in [0.15, 0.2) is 12.1 Å². The van der Waals surface area contributed by atoms with Crippen LogP contribution in [0.5, 0.6) is 11.5 Å². The molecule has 1 aliphatic heterocycles. The molecule has 6 nitrogen and oxygen atoms in total. The van der Waals surface area contributed by atoms with Crippen LogP contribution in [0.25, 0.3) is 11.0 Å². The fraction of sp³-hybridized carbons (Fsp3) is 0.385. The van der Waals surface area contributed by atoms with Gasteiger partial charge in [0, 0.05) is 17.9 Å². The SMILES string of the molecule is O=C(O)CCSCc1nc2cc3c(cc2[nH]1)OCCO3. The molecular weight excluding hydrogens is 280 g/mol.